The second-order valence-corrected chi connectivity index (χ2v) is 3.95. The molecule has 0 radical (unpaired) electrons. The van der Waals surface area contributed by atoms with Crippen LogP contribution in [0, 0.1) is 0 Å². The van der Waals surface area contributed by atoms with Gasteiger partial charge in [-0.1, -0.05) is 0 Å². The van der Waals surface area contributed by atoms with Gasteiger partial charge in [-0.2, -0.15) is 0 Å². The SMILES string of the molecule is NC(=O)OC1CCCCc2cc(=O)[nH]cc21. The number of hydrogen-bond acceptors (Lipinski definition) is 3. The second kappa shape index (κ2) is 4.38. The molecule has 0 saturated carbocycles. The molecule has 0 bridgehead atoms. The van der Waals surface area contributed by atoms with Crippen molar-refractivity contribution >= 4 is 6.09 Å². The maximum atomic E-state index is 11.2. The molecular weight excluding hydrogens is 208 g/mol. The lowest BCUT2D eigenvalue weighted by Gasteiger charge is -2.16. The van der Waals surface area contributed by atoms with Gasteiger partial charge in [-0.3, -0.25) is 4.79 Å². The van der Waals surface area contributed by atoms with E-state index in [-0.39, 0.29) is 11.7 Å². The van der Waals surface area contributed by atoms with Crippen LogP contribution in [0.4, 0.5) is 4.79 Å². The van der Waals surface area contributed by atoms with E-state index in [1.54, 1.807) is 12.3 Å². The first-order valence-electron chi connectivity index (χ1n) is 5.34. The van der Waals surface area contributed by atoms with Crippen molar-refractivity contribution in [3.63, 3.8) is 0 Å². The van der Waals surface area contributed by atoms with Gasteiger partial charge < -0.3 is 15.5 Å². The fourth-order valence-electron chi connectivity index (χ4n) is 2.10. The monoisotopic (exact) mass is 222 g/mol. The number of carbonyl (C=O) groups excluding carboxylic acids is 1. The first-order valence-corrected chi connectivity index (χ1v) is 5.34. The zero-order valence-electron chi connectivity index (χ0n) is 8.86. The van der Waals surface area contributed by atoms with Crippen LogP contribution in [0.2, 0.25) is 0 Å². The minimum Gasteiger partial charge on any atom is -0.441 e. The van der Waals surface area contributed by atoms with Crippen LogP contribution in [0.25, 0.3) is 0 Å². The molecule has 1 unspecified atom stereocenters. The predicted octanol–water partition coefficient (Wildman–Crippen LogP) is 1.24. The first kappa shape index (κ1) is 10.7. The van der Waals surface area contributed by atoms with E-state index in [2.05, 4.69) is 4.98 Å². The van der Waals surface area contributed by atoms with Crippen LogP contribution in [-0.4, -0.2) is 11.1 Å². The van der Waals surface area contributed by atoms with E-state index in [4.69, 9.17) is 10.5 Å². The third-order valence-corrected chi connectivity index (χ3v) is 2.81. The third-order valence-electron chi connectivity index (χ3n) is 2.81. The molecule has 5 heteroatoms. The summed E-state index contributed by atoms with van der Waals surface area (Å²) in [5, 5.41) is 0. The summed E-state index contributed by atoms with van der Waals surface area (Å²) in [5.74, 6) is 0. The van der Waals surface area contributed by atoms with Crippen molar-refractivity contribution in [2.24, 2.45) is 5.73 Å². The molecule has 0 spiro atoms. The Bertz CT molecular complexity index is 453. The summed E-state index contributed by atoms with van der Waals surface area (Å²) in [4.78, 5) is 24.6. The number of pyridine rings is 1. The van der Waals surface area contributed by atoms with E-state index in [1.165, 1.54) is 0 Å². The van der Waals surface area contributed by atoms with Crippen LogP contribution < -0.4 is 11.3 Å². The normalized spacial score (nSPS) is 19.6. The van der Waals surface area contributed by atoms with Gasteiger partial charge in [0, 0.05) is 17.8 Å². The van der Waals surface area contributed by atoms with Gasteiger partial charge in [0.25, 0.3) is 0 Å². The largest absolute Gasteiger partial charge is 0.441 e. The van der Waals surface area contributed by atoms with Crippen molar-refractivity contribution in [3.8, 4) is 0 Å². The molecule has 1 amide bonds. The van der Waals surface area contributed by atoms with Gasteiger partial charge >= 0.3 is 6.09 Å². The number of ether oxygens (including phenoxy) is 1. The Hall–Kier alpha value is -1.78. The van der Waals surface area contributed by atoms with Crippen LogP contribution in [-0.2, 0) is 11.2 Å². The average molecular weight is 222 g/mol. The molecule has 1 atom stereocenters. The third kappa shape index (κ3) is 2.24. The molecule has 1 aromatic heterocycles. The van der Waals surface area contributed by atoms with E-state index >= 15 is 0 Å². The molecule has 1 aliphatic carbocycles. The molecule has 0 aromatic carbocycles. The fourth-order valence-corrected chi connectivity index (χ4v) is 2.10. The van der Waals surface area contributed by atoms with Crippen molar-refractivity contribution in [3.05, 3.63) is 33.7 Å². The highest BCUT2D eigenvalue weighted by atomic mass is 16.6. The highest BCUT2D eigenvalue weighted by molar-refractivity contribution is 5.65. The van der Waals surface area contributed by atoms with Crippen molar-refractivity contribution in [2.45, 2.75) is 31.8 Å². The van der Waals surface area contributed by atoms with E-state index in [0.717, 1.165) is 36.8 Å². The number of H-pyrrole nitrogens is 1. The molecule has 0 fully saturated rings. The summed E-state index contributed by atoms with van der Waals surface area (Å²) in [5.41, 5.74) is 6.72. The van der Waals surface area contributed by atoms with Crippen LogP contribution in [0.5, 0.6) is 0 Å². The minimum atomic E-state index is -0.774. The number of aromatic amines is 1. The van der Waals surface area contributed by atoms with Crippen molar-refractivity contribution in [2.75, 3.05) is 0 Å². The van der Waals surface area contributed by atoms with Gasteiger partial charge in [-0.25, -0.2) is 4.79 Å². The number of fused-ring (bicyclic) bond motifs is 1. The van der Waals surface area contributed by atoms with Crippen molar-refractivity contribution in [1.82, 2.24) is 4.98 Å². The van der Waals surface area contributed by atoms with Gasteiger partial charge in [0.15, 0.2) is 0 Å². The molecule has 16 heavy (non-hydrogen) atoms. The minimum absolute atomic E-state index is 0.126. The average Bonchev–Trinajstić information content (AvgIpc) is 2.40. The number of carbonyl (C=O) groups is 1. The highest BCUT2D eigenvalue weighted by Crippen LogP contribution is 2.29. The Kier molecular flexibility index (Phi) is 2.94. The molecule has 5 nitrogen and oxygen atoms in total. The Morgan fingerprint density at radius 2 is 2.31 bits per heavy atom. The number of aryl methyl sites for hydroxylation is 1. The number of amides is 1. The number of hydrogen-bond donors (Lipinski definition) is 2. The molecule has 86 valence electrons. The number of nitrogens with two attached hydrogens (primary N) is 1. The Morgan fingerprint density at radius 3 is 3.06 bits per heavy atom. The predicted molar refractivity (Wildman–Crippen MR) is 58.0 cm³/mol. The molecule has 2 rings (SSSR count). The molecule has 3 N–H and O–H groups in total. The van der Waals surface area contributed by atoms with E-state index in [0.29, 0.717) is 0 Å². The Morgan fingerprint density at radius 1 is 1.50 bits per heavy atom. The van der Waals surface area contributed by atoms with Crippen molar-refractivity contribution in [1.29, 1.82) is 0 Å². The second-order valence-electron chi connectivity index (χ2n) is 3.95. The van der Waals surface area contributed by atoms with Crippen LogP contribution in [0.3, 0.4) is 0 Å². The summed E-state index contributed by atoms with van der Waals surface area (Å²) in [6, 6.07) is 1.57. The lowest BCUT2D eigenvalue weighted by molar-refractivity contribution is 0.101. The Labute approximate surface area is 92.6 Å². The van der Waals surface area contributed by atoms with Gasteiger partial charge in [0.05, 0.1) is 0 Å². The summed E-state index contributed by atoms with van der Waals surface area (Å²) >= 11 is 0. The molecular formula is C11H14N2O3. The van der Waals surface area contributed by atoms with Gasteiger partial charge in [-0.15, -0.1) is 0 Å². The molecule has 1 heterocycles. The van der Waals surface area contributed by atoms with Crippen LogP contribution in [0.15, 0.2) is 17.1 Å². The fraction of sp³-hybridized carbons (Fsp3) is 0.455. The highest BCUT2D eigenvalue weighted by Gasteiger charge is 2.21. The van der Waals surface area contributed by atoms with Gasteiger partial charge in [0.2, 0.25) is 5.56 Å². The zero-order valence-corrected chi connectivity index (χ0v) is 8.86. The topological polar surface area (TPSA) is 85.2 Å². The molecule has 0 saturated heterocycles. The summed E-state index contributed by atoms with van der Waals surface area (Å²) in [6.07, 6.45) is 4.07. The number of nitrogens with one attached hydrogen (secondary N) is 1. The lowest BCUT2D eigenvalue weighted by Crippen LogP contribution is -2.19. The first-order chi connectivity index (χ1) is 7.66. The summed E-state index contributed by atoms with van der Waals surface area (Å²) in [7, 11) is 0. The maximum absolute atomic E-state index is 11.2. The standard InChI is InChI=1S/C11H14N2O3/c12-11(15)16-9-4-2-1-3-7-5-10(14)13-6-8(7)9/h5-6,9H,1-4H2,(H2,12,15)(H,13,14). The smallest absolute Gasteiger partial charge is 0.405 e. The maximum Gasteiger partial charge on any atom is 0.405 e. The van der Waals surface area contributed by atoms with Crippen LogP contribution in [0.1, 0.15) is 36.5 Å². The van der Waals surface area contributed by atoms with Gasteiger partial charge in [0.1, 0.15) is 6.10 Å². The number of rotatable bonds is 1. The zero-order chi connectivity index (χ0) is 11.5. The number of aromatic nitrogens is 1. The van der Waals surface area contributed by atoms with Crippen molar-refractivity contribution < 1.29 is 9.53 Å². The lowest BCUT2D eigenvalue weighted by atomic mass is 10.0. The van der Waals surface area contributed by atoms with E-state index < -0.39 is 6.09 Å². The van der Waals surface area contributed by atoms with Crippen LogP contribution >= 0.6 is 0 Å². The summed E-state index contributed by atoms with van der Waals surface area (Å²) < 4.78 is 5.05. The van der Waals surface area contributed by atoms with E-state index in [1.807, 2.05) is 0 Å². The Balaban J connectivity index is 2.36. The molecule has 1 aromatic rings. The quantitative estimate of drug-likeness (QED) is 0.701. The number of primary amides is 1. The molecule has 1 aliphatic rings. The molecule has 0 aliphatic heterocycles. The van der Waals surface area contributed by atoms with Gasteiger partial charge in [-0.05, 0) is 31.2 Å². The summed E-state index contributed by atoms with van der Waals surface area (Å²) in [6.45, 7) is 0. The van der Waals surface area contributed by atoms with E-state index in [9.17, 15) is 9.59 Å².